The fourth-order valence-electron chi connectivity index (χ4n) is 3.15. The first-order valence-corrected chi connectivity index (χ1v) is 10.4. The van der Waals surface area contributed by atoms with Gasteiger partial charge in [0, 0.05) is 11.3 Å². The lowest BCUT2D eigenvalue weighted by molar-refractivity contribution is -0.118. The summed E-state index contributed by atoms with van der Waals surface area (Å²) in [5.74, 6) is 0.506. The maximum atomic E-state index is 12.4. The van der Waals surface area contributed by atoms with Crippen LogP contribution in [-0.2, 0) is 11.2 Å². The van der Waals surface area contributed by atoms with Gasteiger partial charge in [-0.1, -0.05) is 43.3 Å². The van der Waals surface area contributed by atoms with Crippen molar-refractivity contribution in [2.75, 3.05) is 11.9 Å². The third kappa shape index (κ3) is 4.30. The Labute approximate surface area is 174 Å². The predicted octanol–water partition coefficient (Wildman–Crippen LogP) is 5.85. The molecule has 1 aromatic heterocycles. The molecule has 0 atom stereocenters. The number of hydrogen-bond acceptors (Lipinski definition) is 4. The molecular formula is C24H22N2O2S. The summed E-state index contributed by atoms with van der Waals surface area (Å²) < 4.78 is 6.76. The van der Waals surface area contributed by atoms with E-state index in [4.69, 9.17) is 9.72 Å². The molecule has 0 bridgehead atoms. The van der Waals surface area contributed by atoms with Gasteiger partial charge in [-0.3, -0.25) is 4.79 Å². The van der Waals surface area contributed by atoms with Gasteiger partial charge in [0.05, 0.1) is 10.2 Å². The maximum Gasteiger partial charge on any atom is 0.262 e. The van der Waals surface area contributed by atoms with Crippen LogP contribution in [0.3, 0.4) is 0 Å². The first-order valence-electron chi connectivity index (χ1n) is 9.61. The SMILES string of the molecule is CCc1ccc(OCC(=O)Nc2cccc(-c3nc4ccccc4s3)c2C)cc1. The van der Waals surface area contributed by atoms with Crippen molar-refractivity contribution < 1.29 is 9.53 Å². The number of carbonyl (C=O) groups is 1. The number of rotatable bonds is 6. The van der Waals surface area contributed by atoms with E-state index in [9.17, 15) is 4.79 Å². The topological polar surface area (TPSA) is 51.2 Å². The molecule has 0 spiro atoms. The highest BCUT2D eigenvalue weighted by Gasteiger charge is 2.13. The molecule has 0 saturated carbocycles. The van der Waals surface area contributed by atoms with Crippen LogP contribution >= 0.6 is 11.3 Å². The van der Waals surface area contributed by atoms with Crippen molar-refractivity contribution in [3.8, 4) is 16.3 Å². The number of anilines is 1. The molecule has 5 heteroatoms. The molecule has 0 aliphatic rings. The van der Waals surface area contributed by atoms with Crippen LogP contribution in [0.15, 0.2) is 66.7 Å². The third-order valence-electron chi connectivity index (χ3n) is 4.83. The maximum absolute atomic E-state index is 12.4. The summed E-state index contributed by atoms with van der Waals surface area (Å²) in [7, 11) is 0. The number of carbonyl (C=O) groups excluding carboxylic acids is 1. The van der Waals surface area contributed by atoms with Gasteiger partial charge in [0.25, 0.3) is 5.91 Å². The molecule has 1 heterocycles. The molecule has 0 aliphatic carbocycles. The minimum absolute atomic E-state index is 0.0315. The summed E-state index contributed by atoms with van der Waals surface area (Å²) >= 11 is 1.65. The molecule has 1 N–H and O–H groups in total. The van der Waals surface area contributed by atoms with Crippen molar-refractivity contribution in [1.82, 2.24) is 4.98 Å². The lowest BCUT2D eigenvalue weighted by atomic mass is 10.1. The molecule has 0 unspecified atom stereocenters. The van der Waals surface area contributed by atoms with Gasteiger partial charge in [-0.2, -0.15) is 0 Å². The lowest BCUT2D eigenvalue weighted by Gasteiger charge is -2.12. The summed E-state index contributed by atoms with van der Waals surface area (Å²) in [6, 6.07) is 21.8. The molecule has 0 fully saturated rings. The average molecular weight is 403 g/mol. The van der Waals surface area contributed by atoms with Crippen molar-refractivity contribution in [3.63, 3.8) is 0 Å². The monoisotopic (exact) mass is 402 g/mol. The molecule has 3 aromatic carbocycles. The van der Waals surface area contributed by atoms with E-state index >= 15 is 0 Å². The van der Waals surface area contributed by atoms with Crippen molar-refractivity contribution >= 4 is 33.1 Å². The summed E-state index contributed by atoms with van der Waals surface area (Å²) in [5.41, 5.74) is 5.02. The average Bonchev–Trinajstić information content (AvgIpc) is 3.18. The second kappa shape index (κ2) is 8.45. The van der Waals surface area contributed by atoms with Crippen LogP contribution < -0.4 is 10.1 Å². The molecule has 0 radical (unpaired) electrons. The van der Waals surface area contributed by atoms with Crippen LogP contribution in [0.2, 0.25) is 0 Å². The van der Waals surface area contributed by atoms with Crippen molar-refractivity contribution in [2.45, 2.75) is 20.3 Å². The van der Waals surface area contributed by atoms with Crippen LogP contribution in [-0.4, -0.2) is 17.5 Å². The number of fused-ring (bicyclic) bond motifs is 1. The zero-order chi connectivity index (χ0) is 20.2. The van der Waals surface area contributed by atoms with Crippen LogP contribution in [0.5, 0.6) is 5.75 Å². The summed E-state index contributed by atoms with van der Waals surface area (Å²) in [6.45, 7) is 4.08. The van der Waals surface area contributed by atoms with Gasteiger partial charge in [-0.05, 0) is 54.8 Å². The normalized spacial score (nSPS) is 10.8. The lowest BCUT2D eigenvalue weighted by Crippen LogP contribution is -2.20. The smallest absolute Gasteiger partial charge is 0.262 e. The van der Waals surface area contributed by atoms with E-state index in [-0.39, 0.29) is 12.5 Å². The zero-order valence-electron chi connectivity index (χ0n) is 16.4. The molecule has 1 amide bonds. The highest BCUT2D eigenvalue weighted by molar-refractivity contribution is 7.21. The molecule has 4 rings (SSSR count). The number of hydrogen-bond donors (Lipinski definition) is 1. The number of ether oxygens (including phenoxy) is 1. The first kappa shape index (κ1) is 19.2. The van der Waals surface area contributed by atoms with E-state index in [1.165, 1.54) is 5.56 Å². The first-order chi connectivity index (χ1) is 14.1. The van der Waals surface area contributed by atoms with E-state index in [2.05, 4.69) is 18.3 Å². The number of para-hydroxylation sites is 1. The van der Waals surface area contributed by atoms with Crippen molar-refractivity contribution in [1.29, 1.82) is 0 Å². The largest absolute Gasteiger partial charge is 0.484 e. The zero-order valence-corrected chi connectivity index (χ0v) is 17.3. The molecule has 29 heavy (non-hydrogen) atoms. The minimum atomic E-state index is -0.186. The Bertz CT molecular complexity index is 1120. The van der Waals surface area contributed by atoms with Crippen molar-refractivity contribution in [2.24, 2.45) is 0 Å². The van der Waals surface area contributed by atoms with Gasteiger partial charge >= 0.3 is 0 Å². The highest BCUT2D eigenvalue weighted by Crippen LogP contribution is 2.34. The van der Waals surface area contributed by atoms with Crippen LogP contribution in [0.25, 0.3) is 20.8 Å². The number of aryl methyl sites for hydroxylation is 1. The molecule has 4 aromatic rings. The van der Waals surface area contributed by atoms with Gasteiger partial charge in [0.2, 0.25) is 0 Å². The molecule has 4 nitrogen and oxygen atoms in total. The van der Waals surface area contributed by atoms with E-state index in [1.807, 2.05) is 67.6 Å². The van der Waals surface area contributed by atoms with Gasteiger partial charge in [0.15, 0.2) is 6.61 Å². The molecule has 0 aliphatic heterocycles. The fourth-order valence-corrected chi connectivity index (χ4v) is 4.19. The van der Waals surface area contributed by atoms with Crippen molar-refractivity contribution in [3.05, 3.63) is 77.9 Å². The summed E-state index contributed by atoms with van der Waals surface area (Å²) in [5, 5.41) is 3.91. The number of benzene rings is 3. The Morgan fingerprint density at radius 1 is 1.03 bits per heavy atom. The Morgan fingerprint density at radius 2 is 1.83 bits per heavy atom. The van der Waals surface area contributed by atoms with Crippen LogP contribution in [0, 0.1) is 6.92 Å². The number of thiazole rings is 1. The second-order valence-electron chi connectivity index (χ2n) is 6.80. The third-order valence-corrected chi connectivity index (χ3v) is 5.90. The predicted molar refractivity (Wildman–Crippen MR) is 120 cm³/mol. The fraction of sp³-hybridized carbons (Fsp3) is 0.167. The van der Waals surface area contributed by atoms with E-state index < -0.39 is 0 Å². The summed E-state index contributed by atoms with van der Waals surface area (Å²) in [6.07, 6.45) is 0.977. The number of aromatic nitrogens is 1. The van der Waals surface area contributed by atoms with Crippen LogP contribution in [0.4, 0.5) is 5.69 Å². The summed E-state index contributed by atoms with van der Waals surface area (Å²) in [4.78, 5) is 17.1. The molecule has 0 saturated heterocycles. The van der Waals surface area contributed by atoms with E-state index in [0.29, 0.717) is 5.75 Å². The minimum Gasteiger partial charge on any atom is -0.484 e. The van der Waals surface area contributed by atoms with Gasteiger partial charge in [-0.15, -0.1) is 11.3 Å². The van der Waals surface area contributed by atoms with Crippen LogP contribution in [0.1, 0.15) is 18.1 Å². The quantitative estimate of drug-likeness (QED) is 0.440. The van der Waals surface area contributed by atoms with E-state index in [1.54, 1.807) is 11.3 Å². The Kier molecular flexibility index (Phi) is 5.58. The van der Waals surface area contributed by atoms with Gasteiger partial charge in [-0.25, -0.2) is 4.98 Å². The Hall–Kier alpha value is -3.18. The Balaban J connectivity index is 1.47. The number of nitrogens with one attached hydrogen (secondary N) is 1. The number of amides is 1. The highest BCUT2D eigenvalue weighted by atomic mass is 32.1. The molecular weight excluding hydrogens is 380 g/mol. The van der Waals surface area contributed by atoms with Gasteiger partial charge in [0.1, 0.15) is 10.8 Å². The number of nitrogens with zero attached hydrogens (tertiary/aromatic N) is 1. The second-order valence-corrected chi connectivity index (χ2v) is 7.83. The van der Waals surface area contributed by atoms with Gasteiger partial charge < -0.3 is 10.1 Å². The Morgan fingerprint density at radius 3 is 2.59 bits per heavy atom. The standard InChI is InChI=1S/C24H22N2O2S/c1-3-17-11-13-18(14-12-17)28-15-23(27)25-20-9-6-7-19(16(20)2)24-26-21-8-4-5-10-22(21)29-24/h4-14H,3,15H2,1-2H3,(H,25,27). The van der Waals surface area contributed by atoms with E-state index in [0.717, 1.165) is 38.5 Å². The molecule has 146 valence electrons.